The van der Waals surface area contributed by atoms with E-state index >= 15 is 0 Å². The summed E-state index contributed by atoms with van der Waals surface area (Å²) < 4.78 is 6.43. The van der Waals surface area contributed by atoms with Crippen LogP contribution >= 0.6 is 0 Å². The normalized spacial score (nSPS) is 18.8. The van der Waals surface area contributed by atoms with Gasteiger partial charge in [-0.1, -0.05) is 13.0 Å². The van der Waals surface area contributed by atoms with Crippen molar-refractivity contribution in [3.63, 3.8) is 0 Å². The first kappa shape index (κ1) is 28.7. The number of hydrogen-bond acceptors (Lipinski definition) is 9. The summed E-state index contributed by atoms with van der Waals surface area (Å²) in [6.45, 7) is 6.32. The number of nitrogens with zero attached hydrogens (tertiary/aromatic N) is 4. The Labute approximate surface area is 232 Å². The number of methoxy groups -OCH3 is 1. The van der Waals surface area contributed by atoms with E-state index in [1.807, 2.05) is 19.1 Å². The van der Waals surface area contributed by atoms with Crippen LogP contribution in [0.5, 0.6) is 0 Å². The maximum Gasteiger partial charge on any atom is 0.252 e. The predicted octanol–water partition coefficient (Wildman–Crippen LogP) is 1.66. The summed E-state index contributed by atoms with van der Waals surface area (Å²) >= 11 is 0. The lowest BCUT2D eigenvalue weighted by Gasteiger charge is -2.38. The van der Waals surface area contributed by atoms with E-state index in [1.54, 1.807) is 36.8 Å². The number of hydrogen-bond donors (Lipinski definition) is 4. The molecule has 0 radical (unpaired) electrons. The molecule has 1 aliphatic heterocycles. The monoisotopic (exact) mass is 546 g/mol. The number of rotatable bonds is 11. The van der Waals surface area contributed by atoms with Crippen molar-refractivity contribution in [2.24, 2.45) is 17.1 Å². The number of pyridine rings is 1. The van der Waals surface area contributed by atoms with E-state index < -0.39 is 16.9 Å². The van der Waals surface area contributed by atoms with E-state index in [0.717, 1.165) is 11.1 Å². The fourth-order valence-electron chi connectivity index (χ4n) is 5.16. The van der Waals surface area contributed by atoms with Gasteiger partial charge in [0.25, 0.3) is 5.91 Å². The highest BCUT2D eigenvalue weighted by Gasteiger charge is 2.53. The fourth-order valence-corrected chi connectivity index (χ4v) is 5.16. The highest BCUT2D eigenvalue weighted by Crippen LogP contribution is 2.39. The minimum atomic E-state index is -1.26. The van der Waals surface area contributed by atoms with Gasteiger partial charge < -0.3 is 26.4 Å². The minimum absolute atomic E-state index is 0.0258. The number of nitrogens with one attached hydrogen (secondary N) is 3. The third-order valence-electron chi connectivity index (χ3n) is 7.39. The zero-order valence-corrected chi connectivity index (χ0v) is 23.1. The van der Waals surface area contributed by atoms with Crippen LogP contribution in [0.4, 0.5) is 5.69 Å². The van der Waals surface area contributed by atoms with E-state index in [2.05, 4.69) is 32.1 Å². The maximum absolute atomic E-state index is 13.9. The molecule has 1 fully saturated rings. The van der Waals surface area contributed by atoms with Gasteiger partial charge in [-0.15, -0.1) is 0 Å². The Morgan fingerprint density at radius 3 is 2.70 bits per heavy atom. The van der Waals surface area contributed by atoms with E-state index in [-0.39, 0.29) is 36.3 Å². The number of carbonyl (C=O) groups is 3. The molecule has 0 bridgehead atoms. The smallest absolute Gasteiger partial charge is 0.252 e. The van der Waals surface area contributed by atoms with Gasteiger partial charge in [0.1, 0.15) is 17.6 Å². The highest BCUT2D eigenvalue weighted by molar-refractivity contribution is 6.05. The molecule has 0 saturated carbocycles. The van der Waals surface area contributed by atoms with Gasteiger partial charge in [0.15, 0.2) is 5.78 Å². The molecule has 3 aromatic heterocycles. The van der Waals surface area contributed by atoms with Gasteiger partial charge in [0.05, 0.1) is 41.3 Å². The second-order valence-electron chi connectivity index (χ2n) is 10.5. The standard InChI is InChI=1S/C28H34N8O4/c1-5-19-10-31-16-28(19,26(39)27(2,3)15-29)35-24-21(25(30)38)12-34-36-13-18(8-22(24)36)17-6-7-20(32-9-17)11-33-23(37)14-40-4/h6-9,12-13,19,31,35H,5,10-11,14,16H2,1-4H3,(H2,30,38)(H,33,37)/t19-,28+/m0/s1. The molecule has 0 aromatic carbocycles. The Bertz CT molecular complexity index is 1470. The molecule has 0 spiro atoms. The van der Waals surface area contributed by atoms with Crippen LogP contribution in [0.2, 0.25) is 0 Å². The van der Waals surface area contributed by atoms with Gasteiger partial charge in [0, 0.05) is 49.6 Å². The van der Waals surface area contributed by atoms with Crippen LogP contribution in [0.15, 0.2) is 36.8 Å². The Balaban J connectivity index is 1.75. The van der Waals surface area contributed by atoms with Gasteiger partial charge in [-0.2, -0.15) is 10.4 Å². The van der Waals surface area contributed by atoms with Crippen LogP contribution in [0, 0.1) is 22.7 Å². The molecule has 2 atom stereocenters. The zero-order valence-electron chi connectivity index (χ0n) is 23.1. The molecule has 40 heavy (non-hydrogen) atoms. The molecule has 1 aliphatic rings. The average molecular weight is 547 g/mol. The summed E-state index contributed by atoms with van der Waals surface area (Å²) in [7, 11) is 1.45. The van der Waals surface area contributed by atoms with E-state index in [9.17, 15) is 19.6 Å². The SMILES string of the molecule is CC[C@H]1CNC[C@]1(Nc1c(C(N)=O)cnn2cc(-c3ccc(CNC(=O)COC)nc3)cc12)C(=O)C(C)(C)C#N. The number of Topliss-reactive ketones (excluding diaryl/α,β-unsaturated/α-hetero) is 1. The second-order valence-corrected chi connectivity index (χ2v) is 10.5. The van der Waals surface area contributed by atoms with Crippen LogP contribution in [-0.2, 0) is 20.9 Å². The molecule has 210 valence electrons. The Kier molecular flexibility index (Phi) is 8.18. The summed E-state index contributed by atoms with van der Waals surface area (Å²) in [5.41, 5.74) is 6.66. The quantitative estimate of drug-likeness (QED) is 0.278. The lowest BCUT2D eigenvalue weighted by Crippen LogP contribution is -2.57. The van der Waals surface area contributed by atoms with Gasteiger partial charge in [0.2, 0.25) is 5.91 Å². The van der Waals surface area contributed by atoms with Crippen molar-refractivity contribution in [3.05, 3.63) is 48.0 Å². The molecule has 1 saturated heterocycles. The number of amides is 2. The summed E-state index contributed by atoms with van der Waals surface area (Å²) in [6, 6.07) is 7.66. The number of anilines is 1. The first-order chi connectivity index (χ1) is 19.1. The molecule has 0 unspecified atom stereocenters. The van der Waals surface area contributed by atoms with Crippen molar-refractivity contribution in [3.8, 4) is 17.2 Å². The van der Waals surface area contributed by atoms with E-state index in [1.165, 1.54) is 13.3 Å². The fraction of sp³-hybridized carbons (Fsp3) is 0.429. The Morgan fingerprint density at radius 1 is 1.30 bits per heavy atom. The number of fused-ring (bicyclic) bond motifs is 1. The third kappa shape index (κ3) is 5.38. The summed E-state index contributed by atoms with van der Waals surface area (Å²) in [6.07, 6.45) is 5.53. The molecule has 4 rings (SSSR count). The number of ether oxygens (including phenoxy) is 1. The van der Waals surface area contributed by atoms with Crippen molar-refractivity contribution >= 4 is 28.8 Å². The summed E-state index contributed by atoms with van der Waals surface area (Å²) in [5.74, 6) is -1.31. The zero-order chi connectivity index (χ0) is 29.1. The molecule has 12 nitrogen and oxygen atoms in total. The highest BCUT2D eigenvalue weighted by atomic mass is 16.5. The summed E-state index contributed by atoms with van der Waals surface area (Å²) in [4.78, 5) is 42.5. The largest absolute Gasteiger partial charge is 0.375 e. The molecular weight excluding hydrogens is 512 g/mol. The van der Waals surface area contributed by atoms with Crippen LogP contribution in [-0.4, -0.2) is 64.5 Å². The number of primary amides is 1. The summed E-state index contributed by atoms with van der Waals surface area (Å²) in [5, 5.41) is 23.6. The van der Waals surface area contributed by atoms with Crippen LogP contribution in [0.3, 0.4) is 0 Å². The van der Waals surface area contributed by atoms with Gasteiger partial charge in [-0.25, -0.2) is 4.52 Å². The van der Waals surface area contributed by atoms with Crippen molar-refractivity contribution in [2.75, 3.05) is 32.1 Å². The number of nitrogens with two attached hydrogens (primary N) is 1. The minimum Gasteiger partial charge on any atom is -0.375 e. The molecule has 3 aromatic rings. The number of carbonyl (C=O) groups excluding carboxylic acids is 3. The van der Waals surface area contributed by atoms with Crippen LogP contribution in [0.25, 0.3) is 16.6 Å². The Hall–Kier alpha value is -4.34. The molecule has 5 N–H and O–H groups in total. The first-order valence-corrected chi connectivity index (χ1v) is 13.0. The van der Waals surface area contributed by atoms with Crippen molar-refractivity contribution in [2.45, 2.75) is 39.3 Å². The molecule has 4 heterocycles. The van der Waals surface area contributed by atoms with Crippen LogP contribution < -0.4 is 21.7 Å². The molecule has 0 aliphatic carbocycles. The average Bonchev–Trinajstić information content (AvgIpc) is 3.57. The van der Waals surface area contributed by atoms with Crippen LogP contribution in [0.1, 0.15) is 43.2 Å². The number of ketones is 1. The van der Waals surface area contributed by atoms with E-state index in [0.29, 0.717) is 36.4 Å². The molecule has 12 heteroatoms. The first-order valence-electron chi connectivity index (χ1n) is 13.0. The lowest BCUT2D eigenvalue weighted by atomic mass is 9.71. The second kappa shape index (κ2) is 11.4. The lowest BCUT2D eigenvalue weighted by molar-refractivity contribution is -0.130. The van der Waals surface area contributed by atoms with Gasteiger partial charge in [-0.3, -0.25) is 19.4 Å². The maximum atomic E-state index is 13.9. The van der Waals surface area contributed by atoms with Crippen molar-refractivity contribution < 1.29 is 19.1 Å². The van der Waals surface area contributed by atoms with E-state index in [4.69, 9.17) is 10.5 Å². The predicted molar refractivity (Wildman–Crippen MR) is 148 cm³/mol. The topological polar surface area (TPSA) is 177 Å². The Morgan fingerprint density at radius 2 is 2.08 bits per heavy atom. The third-order valence-corrected chi connectivity index (χ3v) is 7.39. The molecule has 2 amide bonds. The molecular formula is C28H34N8O4. The van der Waals surface area contributed by atoms with Gasteiger partial charge >= 0.3 is 0 Å². The number of nitriles is 1. The van der Waals surface area contributed by atoms with Crippen molar-refractivity contribution in [1.29, 1.82) is 5.26 Å². The van der Waals surface area contributed by atoms with Crippen molar-refractivity contribution in [1.82, 2.24) is 25.2 Å². The van der Waals surface area contributed by atoms with Gasteiger partial charge in [-0.05, 0) is 32.4 Å². The number of aromatic nitrogens is 3.